The predicted molar refractivity (Wildman–Crippen MR) is 54.2 cm³/mol. The van der Waals surface area contributed by atoms with E-state index in [9.17, 15) is 4.57 Å². The molecule has 0 amide bonds. The Morgan fingerprint density at radius 3 is 2.23 bits per heavy atom. The van der Waals surface area contributed by atoms with Gasteiger partial charge in [0.1, 0.15) is 13.2 Å². The second-order valence-electron chi connectivity index (χ2n) is 3.76. The minimum absolute atomic E-state index is 0.294. The highest BCUT2D eigenvalue weighted by Crippen LogP contribution is 2.36. The van der Waals surface area contributed by atoms with Crippen molar-refractivity contribution >= 4 is 12.4 Å². The van der Waals surface area contributed by atoms with E-state index in [-0.39, 0.29) is 0 Å². The second kappa shape index (κ2) is 2.97. The summed E-state index contributed by atoms with van der Waals surface area (Å²) in [5.41, 5.74) is 1.19. The topological polar surface area (TPSA) is 29.6 Å². The molecule has 2 nitrogen and oxygen atoms in total. The number of benzene rings is 1. The highest BCUT2D eigenvalue weighted by molar-refractivity contribution is 7.70. The van der Waals surface area contributed by atoms with Gasteiger partial charge in [0.25, 0.3) is 0 Å². The van der Waals surface area contributed by atoms with Crippen LogP contribution in [-0.4, -0.2) is 19.9 Å². The Kier molecular flexibility index (Phi) is 2.05. The summed E-state index contributed by atoms with van der Waals surface area (Å²) in [6, 6.07) is 7.90. The van der Waals surface area contributed by atoms with Crippen molar-refractivity contribution in [2.75, 3.05) is 19.9 Å². The Hall–Kier alpha value is -0.590. The summed E-state index contributed by atoms with van der Waals surface area (Å²) in [7, 11) is -2.09. The van der Waals surface area contributed by atoms with E-state index in [1.807, 2.05) is 24.3 Å². The summed E-state index contributed by atoms with van der Waals surface area (Å²) in [6.07, 6.45) is 0.294. The average molecular weight is 196 g/mol. The maximum Gasteiger partial charge on any atom is 0.109 e. The van der Waals surface area contributed by atoms with E-state index in [0.717, 1.165) is 11.9 Å². The van der Waals surface area contributed by atoms with Gasteiger partial charge in [-0.1, -0.05) is 24.3 Å². The molecule has 3 heteroatoms. The molecule has 0 saturated carbocycles. The first-order chi connectivity index (χ1) is 6.07. The van der Waals surface area contributed by atoms with Crippen LogP contribution in [-0.2, 0) is 9.30 Å². The smallest absolute Gasteiger partial charge is 0.109 e. The molecule has 2 rings (SSSR count). The lowest BCUT2D eigenvalue weighted by Gasteiger charge is -2.06. The van der Waals surface area contributed by atoms with Crippen LogP contribution in [0.25, 0.3) is 0 Å². The van der Waals surface area contributed by atoms with E-state index in [2.05, 4.69) is 0 Å². The Morgan fingerprint density at radius 2 is 1.85 bits per heavy atom. The molecule has 1 unspecified atom stereocenters. The van der Waals surface area contributed by atoms with Crippen molar-refractivity contribution in [3.63, 3.8) is 0 Å². The Bertz CT molecular complexity index is 346. The number of epoxide rings is 1. The van der Waals surface area contributed by atoms with Crippen LogP contribution in [0.1, 0.15) is 11.7 Å². The van der Waals surface area contributed by atoms with Crippen molar-refractivity contribution in [1.29, 1.82) is 0 Å². The third kappa shape index (κ3) is 2.01. The Labute approximate surface area is 78.3 Å². The lowest BCUT2D eigenvalue weighted by atomic mass is 10.2. The highest BCUT2D eigenvalue weighted by Gasteiger charge is 2.24. The molecule has 70 valence electrons. The maximum absolute atomic E-state index is 11.7. The fraction of sp³-hybridized carbons (Fsp3) is 0.400. The number of hydrogen-bond acceptors (Lipinski definition) is 2. The summed E-state index contributed by atoms with van der Waals surface area (Å²) in [5.74, 6) is 0. The van der Waals surface area contributed by atoms with E-state index in [1.54, 1.807) is 13.3 Å². The Balaban J connectivity index is 2.27. The molecule has 1 atom stereocenters. The number of ether oxygens (including phenoxy) is 1. The molecule has 0 aromatic heterocycles. The summed E-state index contributed by atoms with van der Waals surface area (Å²) < 4.78 is 16.8. The molecule has 0 aliphatic carbocycles. The van der Waals surface area contributed by atoms with Crippen LogP contribution < -0.4 is 5.30 Å². The molecule has 1 aromatic rings. The number of hydrogen-bond donors (Lipinski definition) is 0. The molecule has 0 radical (unpaired) electrons. The van der Waals surface area contributed by atoms with Gasteiger partial charge in [-0.15, -0.1) is 0 Å². The third-order valence-corrected chi connectivity index (χ3v) is 3.76. The van der Waals surface area contributed by atoms with Crippen LogP contribution >= 0.6 is 7.14 Å². The predicted octanol–water partition coefficient (Wildman–Crippen LogP) is 2.01. The van der Waals surface area contributed by atoms with Gasteiger partial charge in [0, 0.05) is 5.30 Å². The molecule has 1 heterocycles. The van der Waals surface area contributed by atoms with Crippen LogP contribution in [0, 0.1) is 0 Å². The molecule has 0 spiro atoms. The van der Waals surface area contributed by atoms with Crippen molar-refractivity contribution in [3.8, 4) is 0 Å². The molecule has 0 bridgehead atoms. The zero-order valence-electron chi connectivity index (χ0n) is 7.86. The van der Waals surface area contributed by atoms with Gasteiger partial charge in [-0.25, -0.2) is 0 Å². The van der Waals surface area contributed by atoms with Crippen molar-refractivity contribution < 1.29 is 9.30 Å². The minimum atomic E-state index is -2.09. The molecule has 0 N–H and O–H groups in total. The summed E-state index contributed by atoms with van der Waals surface area (Å²) in [5, 5.41) is 0.942. The zero-order chi connectivity index (χ0) is 9.47. The van der Waals surface area contributed by atoms with E-state index in [0.29, 0.717) is 6.10 Å². The third-order valence-electron chi connectivity index (χ3n) is 2.22. The van der Waals surface area contributed by atoms with Gasteiger partial charge >= 0.3 is 0 Å². The minimum Gasteiger partial charge on any atom is -0.368 e. The molecule has 1 fully saturated rings. The van der Waals surface area contributed by atoms with Crippen LogP contribution in [0.5, 0.6) is 0 Å². The fourth-order valence-corrected chi connectivity index (χ4v) is 2.16. The van der Waals surface area contributed by atoms with Gasteiger partial charge in [0.05, 0.1) is 6.61 Å². The van der Waals surface area contributed by atoms with Gasteiger partial charge in [-0.2, -0.15) is 0 Å². The summed E-state index contributed by atoms with van der Waals surface area (Å²) in [4.78, 5) is 0. The Morgan fingerprint density at radius 1 is 1.31 bits per heavy atom. The van der Waals surface area contributed by atoms with Crippen LogP contribution in [0.4, 0.5) is 0 Å². The monoisotopic (exact) mass is 196 g/mol. The average Bonchev–Trinajstić information content (AvgIpc) is 2.85. The van der Waals surface area contributed by atoms with Crippen molar-refractivity contribution in [2.45, 2.75) is 6.10 Å². The fourth-order valence-electron chi connectivity index (χ4n) is 1.29. The van der Waals surface area contributed by atoms with E-state index in [4.69, 9.17) is 4.74 Å². The largest absolute Gasteiger partial charge is 0.368 e. The number of rotatable bonds is 2. The van der Waals surface area contributed by atoms with Crippen LogP contribution in [0.15, 0.2) is 24.3 Å². The van der Waals surface area contributed by atoms with Gasteiger partial charge in [-0.05, 0) is 18.9 Å². The standard InChI is InChI=1S/C10H13O2P/c1-13(2,11)9-5-3-8(4-6-9)10-7-12-10/h3-6,10H,7H2,1-2H3. The van der Waals surface area contributed by atoms with E-state index >= 15 is 0 Å². The summed E-state index contributed by atoms with van der Waals surface area (Å²) in [6.45, 7) is 4.40. The molecule has 1 aliphatic heterocycles. The van der Waals surface area contributed by atoms with E-state index < -0.39 is 7.14 Å². The van der Waals surface area contributed by atoms with Gasteiger partial charge < -0.3 is 9.30 Å². The summed E-state index contributed by atoms with van der Waals surface area (Å²) >= 11 is 0. The lowest BCUT2D eigenvalue weighted by Crippen LogP contribution is -2.02. The van der Waals surface area contributed by atoms with Crippen LogP contribution in [0.2, 0.25) is 0 Å². The SMILES string of the molecule is CP(C)(=O)c1ccc(C2CO2)cc1. The molecular formula is C10H13O2P. The van der Waals surface area contributed by atoms with Gasteiger partial charge in [0.15, 0.2) is 0 Å². The molecule has 1 aliphatic rings. The second-order valence-corrected chi connectivity index (χ2v) is 6.98. The lowest BCUT2D eigenvalue weighted by molar-refractivity contribution is 0.415. The van der Waals surface area contributed by atoms with Crippen molar-refractivity contribution in [3.05, 3.63) is 29.8 Å². The zero-order valence-corrected chi connectivity index (χ0v) is 8.75. The van der Waals surface area contributed by atoms with E-state index in [1.165, 1.54) is 5.56 Å². The first kappa shape index (κ1) is 8.98. The first-order valence-electron chi connectivity index (χ1n) is 4.34. The molecule has 1 aromatic carbocycles. The highest BCUT2D eigenvalue weighted by atomic mass is 31.2. The van der Waals surface area contributed by atoms with Crippen molar-refractivity contribution in [1.82, 2.24) is 0 Å². The first-order valence-corrected chi connectivity index (χ1v) is 6.94. The van der Waals surface area contributed by atoms with Crippen molar-refractivity contribution in [2.24, 2.45) is 0 Å². The molecule has 1 saturated heterocycles. The van der Waals surface area contributed by atoms with Gasteiger partial charge in [-0.3, -0.25) is 0 Å². The van der Waals surface area contributed by atoms with Gasteiger partial charge in [0.2, 0.25) is 0 Å². The molecular weight excluding hydrogens is 183 g/mol. The molecule has 13 heavy (non-hydrogen) atoms. The quantitative estimate of drug-likeness (QED) is 0.535. The van der Waals surface area contributed by atoms with Crippen LogP contribution in [0.3, 0.4) is 0 Å². The normalized spacial score (nSPS) is 21.5. The maximum atomic E-state index is 11.7.